The number of carboxylic acid groups (broad SMARTS) is 2. The van der Waals surface area contributed by atoms with Crippen LogP contribution in [0, 0.1) is 0 Å². The van der Waals surface area contributed by atoms with Crippen molar-refractivity contribution in [3.63, 3.8) is 0 Å². The Morgan fingerprint density at radius 3 is 2.08 bits per heavy atom. The number of carbonyl (C=O) groups is 2. The second-order valence-corrected chi connectivity index (χ2v) is 7.63. The Morgan fingerprint density at radius 1 is 1.15 bits per heavy atom. The van der Waals surface area contributed by atoms with E-state index in [1.807, 2.05) is 0 Å². The van der Waals surface area contributed by atoms with Crippen molar-refractivity contribution in [2.75, 3.05) is 6.61 Å². The van der Waals surface area contributed by atoms with E-state index in [0.717, 1.165) is 0 Å². The number of ether oxygens (including phenoxy) is 2. The van der Waals surface area contributed by atoms with E-state index in [0.29, 0.717) is 0 Å². The first kappa shape index (κ1) is 19.7. The van der Waals surface area contributed by atoms with Gasteiger partial charge in [-0.1, -0.05) is 11.6 Å². The first-order valence-electron chi connectivity index (χ1n) is 7.82. The molecule has 12 heteroatoms. The van der Waals surface area contributed by atoms with Gasteiger partial charge in [0.15, 0.2) is 6.29 Å². The number of alkyl halides is 1. The molecular formula is C14H20ClNO10. The van der Waals surface area contributed by atoms with Gasteiger partial charge in [-0.3, -0.25) is 4.90 Å². The fourth-order valence-corrected chi connectivity index (χ4v) is 4.27. The molecule has 9 atom stereocenters. The lowest BCUT2D eigenvalue weighted by molar-refractivity contribution is -0.323. The topological polar surface area (TPSA) is 177 Å². The Labute approximate surface area is 152 Å². The highest BCUT2D eigenvalue weighted by molar-refractivity contribution is 6.46. The predicted molar refractivity (Wildman–Crippen MR) is 81.1 cm³/mol. The fourth-order valence-electron chi connectivity index (χ4n) is 4.08. The number of nitrogens with zero attached hydrogens (tertiary/aromatic N) is 1. The van der Waals surface area contributed by atoms with Gasteiger partial charge < -0.3 is 40.1 Å². The monoisotopic (exact) mass is 397 g/mol. The van der Waals surface area contributed by atoms with Gasteiger partial charge in [0.2, 0.25) is 0 Å². The smallest absolute Gasteiger partial charge is 0.338 e. The van der Waals surface area contributed by atoms with Crippen LogP contribution >= 0.6 is 11.6 Å². The van der Waals surface area contributed by atoms with Crippen LogP contribution in [0.3, 0.4) is 0 Å². The van der Waals surface area contributed by atoms with Crippen LogP contribution in [0.1, 0.15) is 13.8 Å². The van der Waals surface area contributed by atoms with E-state index >= 15 is 0 Å². The van der Waals surface area contributed by atoms with Crippen LogP contribution in [-0.4, -0.2) is 107 Å². The van der Waals surface area contributed by atoms with Gasteiger partial charge in [-0.15, -0.1) is 0 Å². The summed E-state index contributed by atoms with van der Waals surface area (Å²) in [5.41, 5.74) is -2.59. The van der Waals surface area contributed by atoms with Crippen molar-refractivity contribution in [3.05, 3.63) is 0 Å². The molecule has 3 rings (SSSR count). The van der Waals surface area contributed by atoms with Crippen molar-refractivity contribution in [3.8, 4) is 0 Å². The molecule has 11 nitrogen and oxygen atoms in total. The molecule has 0 radical (unpaired) electrons. The van der Waals surface area contributed by atoms with Gasteiger partial charge in [0, 0.05) is 0 Å². The highest BCUT2D eigenvalue weighted by atomic mass is 35.5. The molecule has 0 aromatic heterocycles. The minimum absolute atomic E-state index is 0.630. The summed E-state index contributed by atoms with van der Waals surface area (Å²) in [6, 6.07) is -0.674. The molecule has 0 aromatic rings. The van der Waals surface area contributed by atoms with Crippen LogP contribution in [0.4, 0.5) is 0 Å². The summed E-state index contributed by atoms with van der Waals surface area (Å²) < 4.78 is 10.8. The lowest BCUT2D eigenvalue weighted by Crippen LogP contribution is -2.64. The van der Waals surface area contributed by atoms with E-state index in [4.69, 9.17) is 21.1 Å². The summed E-state index contributed by atoms with van der Waals surface area (Å²) in [6.45, 7) is 2.25. The quantitative estimate of drug-likeness (QED) is 0.154. The number of carboxylic acids is 2. The Balaban J connectivity index is 1.73. The van der Waals surface area contributed by atoms with Gasteiger partial charge >= 0.3 is 11.9 Å². The van der Waals surface area contributed by atoms with Crippen LogP contribution in [0.15, 0.2) is 0 Å². The minimum Gasteiger partial charge on any atom is -0.479 e. The second kappa shape index (κ2) is 5.72. The minimum atomic E-state index is -2.59. The molecule has 0 spiro atoms. The van der Waals surface area contributed by atoms with Crippen molar-refractivity contribution in [2.45, 2.75) is 66.7 Å². The molecule has 0 aromatic carbocycles. The molecule has 0 bridgehead atoms. The molecule has 3 aliphatic rings. The van der Waals surface area contributed by atoms with Crippen molar-refractivity contribution >= 4 is 23.5 Å². The van der Waals surface area contributed by atoms with Gasteiger partial charge in [0.25, 0.3) is 4.87 Å². The van der Waals surface area contributed by atoms with E-state index in [-0.39, 0.29) is 0 Å². The maximum atomic E-state index is 11.4. The summed E-state index contributed by atoms with van der Waals surface area (Å²) in [4.78, 5) is 21.6. The number of aliphatic carboxylic acids is 2. The Hall–Kier alpha value is -1.05. The van der Waals surface area contributed by atoms with Gasteiger partial charge in [-0.25, -0.2) is 9.59 Å². The molecule has 0 amide bonds. The fraction of sp³-hybridized carbons (Fsp3) is 0.857. The van der Waals surface area contributed by atoms with Crippen molar-refractivity contribution < 1.29 is 49.7 Å². The maximum absolute atomic E-state index is 11.4. The number of hydrogen-bond acceptors (Lipinski definition) is 9. The van der Waals surface area contributed by atoms with Crippen LogP contribution in [0.2, 0.25) is 0 Å². The van der Waals surface area contributed by atoms with E-state index in [2.05, 4.69) is 0 Å². The number of aliphatic hydroxyl groups is 4. The second-order valence-electron chi connectivity index (χ2n) is 7.06. The molecule has 26 heavy (non-hydrogen) atoms. The number of fused-ring (bicyclic) bond motifs is 1. The molecule has 148 valence electrons. The molecule has 9 unspecified atom stereocenters. The summed E-state index contributed by atoms with van der Waals surface area (Å²) >= 11 is 5.88. The summed E-state index contributed by atoms with van der Waals surface area (Å²) in [5.74, 6) is -3.42. The Morgan fingerprint density at radius 2 is 1.65 bits per heavy atom. The average Bonchev–Trinajstić information content (AvgIpc) is 3.43. The lowest BCUT2D eigenvalue weighted by Gasteiger charge is -2.43. The zero-order valence-electron chi connectivity index (χ0n) is 13.8. The predicted octanol–water partition coefficient (Wildman–Crippen LogP) is -2.88. The number of hydrogen-bond donors (Lipinski definition) is 6. The van der Waals surface area contributed by atoms with Gasteiger partial charge in [0.05, 0.1) is 18.2 Å². The van der Waals surface area contributed by atoms with E-state index < -0.39 is 71.4 Å². The molecule has 3 fully saturated rings. The van der Waals surface area contributed by atoms with Crippen LogP contribution < -0.4 is 0 Å². The number of rotatable bonds is 6. The SMILES string of the molecule is CC1(OC2OC(CO)C(O)C(O)C2O)C2N1C2(C)C(Cl)(C(=O)O)C(=O)O. The molecular weight excluding hydrogens is 378 g/mol. The van der Waals surface area contributed by atoms with E-state index in [1.54, 1.807) is 0 Å². The zero-order chi connectivity index (χ0) is 19.8. The number of halogens is 1. The zero-order valence-corrected chi connectivity index (χ0v) is 14.6. The third-order valence-electron chi connectivity index (χ3n) is 5.63. The largest absolute Gasteiger partial charge is 0.479 e. The molecule has 3 heterocycles. The molecule has 3 saturated heterocycles. The molecule has 0 saturated carbocycles. The van der Waals surface area contributed by atoms with E-state index in [1.165, 1.54) is 18.7 Å². The van der Waals surface area contributed by atoms with Crippen molar-refractivity contribution in [1.29, 1.82) is 0 Å². The highest BCUT2D eigenvalue weighted by Gasteiger charge is 2.96. The molecule has 3 aliphatic heterocycles. The first-order valence-corrected chi connectivity index (χ1v) is 8.20. The lowest BCUT2D eigenvalue weighted by atomic mass is 9.83. The summed E-state index contributed by atoms with van der Waals surface area (Å²) in [7, 11) is 0. The third kappa shape index (κ3) is 2.20. The normalized spacial score (nSPS) is 50.0. The molecule has 6 N–H and O–H groups in total. The standard InChI is InChI=1S/C14H20ClNO10/c1-12(14(15,10(21)22)11(23)24)9-13(2,16(9)12)26-8-7(20)6(19)5(18)4(3-17)25-8/h4-9,17-20H,3H2,1-2H3,(H,21,22)(H,23,24). The Bertz CT molecular complexity index is 617. The molecule has 0 aliphatic carbocycles. The van der Waals surface area contributed by atoms with Crippen LogP contribution in [0.25, 0.3) is 0 Å². The number of aliphatic hydroxyl groups excluding tert-OH is 4. The first-order chi connectivity index (χ1) is 11.9. The third-order valence-corrected chi connectivity index (χ3v) is 6.34. The van der Waals surface area contributed by atoms with Crippen molar-refractivity contribution in [2.24, 2.45) is 0 Å². The Kier molecular flexibility index (Phi) is 4.34. The van der Waals surface area contributed by atoms with Gasteiger partial charge in [0.1, 0.15) is 30.1 Å². The van der Waals surface area contributed by atoms with Crippen LogP contribution in [-0.2, 0) is 19.1 Å². The highest BCUT2D eigenvalue weighted by Crippen LogP contribution is 2.73. The summed E-state index contributed by atoms with van der Waals surface area (Å²) in [5, 5.41) is 57.2. The van der Waals surface area contributed by atoms with E-state index in [9.17, 15) is 40.2 Å². The summed E-state index contributed by atoms with van der Waals surface area (Å²) in [6.07, 6.45) is -7.39. The van der Waals surface area contributed by atoms with Crippen LogP contribution in [0.5, 0.6) is 0 Å². The van der Waals surface area contributed by atoms with Gasteiger partial charge in [-0.05, 0) is 13.8 Å². The average molecular weight is 398 g/mol. The van der Waals surface area contributed by atoms with Gasteiger partial charge in [-0.2, -0.15) is 0 Å². The van der Waals surface area contributed by atoms with Crippen molar-refractivity contribution in [1.82, 2.24) is 4.90 Å². The maximum Gasteiger partial charge on any atom is 0.338 e.